The number of nitrogens with zero attached hydrogens (tertiary/aromatic N) is 2. The predicted octanol–water partition coefficient (Wildman–Crippen LogP) is -1.73. The van der Waals surface area contributed by atoms with Gasteiger partial charge in [-0.2, -0.15) is 4.98 Å². The van der Waals surface area contributed by atoms with Crippen molar-refractivity contribution in [3.8, 4) is 12.3 Å². The molecule has 134 valence electrons. The molecule has 1 fully saturated rings. The lowest BCUT2D eigenvalue weighted by Gasteiger charge is -2.17. The quantitative estimate of drug-likeness (QED) is 0.459. The highest BCUT2D eigenvalue weighted by Crippen LogP contribution is 2.28. The molecule has 4 N–H and O–H groups in total. The molecule has 1 aliphatic rings. The van der Waals surface area contributed by atoms with Crippen LogP contribution in [0.15, 0.2) is 11.0 Å². The molecular weight excluding hydrogens is 345 g/mol. The van der Waals surface area contributed by atoms with Crippen LogP contribution in [0, 0.1) is 18.2 Å². The Kier molecular flexibility index (Phi) is 5.32. The molecule has 0 radical (unpaired) electrons. The van der Waals surface area contributed by atoms with Crippen molar-refractivity contribution in [2.45, 2.75) is 24.5 Å². The molecule has 1 aliphatic heterocycles. The van der Waals surface area contributed by atoms with Gasteiger partial charge in [0, 0.05) is 0 Å². The van der Waals surface area contributed by atoms with Crippen molar-refractivity contribution in [1.82, 2.24) is 9.55 Å². The predicted molar refractivity (Wildman–Crippen MR) is 75.8 cm³/mol. The van der Waals surface area contributed by atoms with Crippen LogP contribution in [-0.2, 0) is 14.3 Å². The zero-order chi connectivity index (χ0) is 18.7. The summed E-state index contributed by atoms with van der Waals surface area (Å²) < 4.78 is 23.7. The smallest absolute Gasteiger partial charge is 0.413 e. The number of carboxylic acid groups (broad SMARTS) is 1. The summed E-state index contributed by atoms with van der Waals surface area (Å²) in [4.78, 5) is 37.4. The first kappa shape index (κ1) is 18.3. The van der Waals surface area contributed by atoms with Crippen molar-refractivity contribution in [2.24, 2.45) is 0 Å². The number of rotatable bonds is 4. The van der Waals surface area contributed by atoms with Crippen LogP contribution in [0.3, 0.4) is 0 Å². The Morgan fingerprint density at radius 1 is 1.48 bits per heavy atom. The van der Waals surface area contributed by atoms with Crippen LogP contribution in [0.1, 0.15) is 6.23 Å². The maximum atomic E-state index is 14.0. The summed E-state index contributed by atoms with van der Waals surface area (Å²) in [5.74, 6) is -1.56. The number of hydrogen-bond acceptors (Lipinski definition) is 8. The molecule has 1 aromatic rings. The Balaban J connectivity index is 2.26. The second kappa shape index (κ2) is 7.26. The number of aliphatic hydroxyl groups excluding tert-OH is 2. The molecule has 0 spiro atoms. The number of aliphatic hydroxyl groups is 2. The molecule has 4 atom stereocenters. The van der Waals surface area contributed by atoms with Crippen molar-refractivity contribution in [3.05, 3.63) is 22.5 Å². The van der Waals surface area contributed by atoms with Crippen LogP contribution in [0.25, 0.3) is 0 Å². The Morgan fingerprint density at radius 2 is 2.16 bits per heavy atom. The van der Waals surface area contributed by atoms with Gasteiger partial charge in [0.2, 0.25) is 0 Å². The molecule has 1 saturated heterocycles. The number of ether oxygens (including phenoxy) is 2. The second-order valence-corrected chi connectivity index (χ2v) is 4.80. The lowest BCUT2D eigenvalue weighted by Crippen LogP contribution is -2.37. The average molecular weight is 357 g/mol. The van der Waals surface area contributed by atoms with Crippen LogP contribution in [-0.4, -0.2) is 61.9 Å². The number of carbonyl (C=O) groups is 2. The number of aromatic nitrogens is 2. The van der Waals surface area contributed by atoms with E-state index in [4.69, 9.17) is 16.3 Å². The molecule has 0 bridgehead atoms. The van der Waals surface area contributed by atoms with E-state index >= 15 is 0 Å². The maximum absolute atomic E-state index is 14.0. The van der Waals surface area contributed by atoms with E-state index in [1.165, 1.54) is 0 Å². The third kappa shape index (κ3) is 3.74. The van der Waals surface area contributed by atoms with Crippen LogP contribution in [0.5, 0.6) is 0 Å². The number of terminal acetylenes is 1. The van der Waals surface area contributed by atoms with Gasteiger partial charge in [0.1, 0.15) is 12.2 Å². The molecule has 0 saturated carbocycles. The number of halogens is 1. The number of aliphatic carboxylic acids is 1. The molecular formula is C13H12FN3O8. The van der Waals surface area contributed by atoms with Crippen molar-refractivity contribution >= 4 is 17.9 Å². The Bertz CT molecular complexity index is 788. The number of carbonyl (C=O) groups excluding carboxylic acids is 1. The summed E-state index contributed by atoms with van der Waals surface area (Å²) in [6, 6.07) is 0. The molecule has 0 unspecified atom stereocenters. The summed E-state index contributed by atoms with van der Waals surface area (Å²) >= 11 is 0. The van der Waals surface area contributed by atoms with E-state index < -0.39 is 53.9 Å². The van der Waals surface area contributed by atoms with Crippen molar-refractivity contribution in [1.29, 1.82) is 0 Å². The Morgan fingerprint density at radius 3 is 2.72 bits per heavy atom. The van der Waals surface area contributed by atoms with E-state index in [0.29, 0.717) is 10.8 Å². The van der Waals surface area contributed by atoms with Crippen LogP contribution in [0.4, 0.5) is 15.0 Å². The standard InChI is InChI=1S/C13H12FN3O8/c1-2-3-24-13(23)16-9-5(14)4-17(12(22)15-9)10-7(19)6(18)8(25-10)11(20)21/h1,4,6-8,10,18-19H,3H2,(H,20,21)(H,15,16,22,23)/t6-,7+,8-,10+/m0/s1. The average Bonchev–Trinajstić information content (AvgIpc) is 2.84. The fourth-order valence-corrected chi connectivity index (χ4v) is 2.05. The highest BCUT2D eigenvalue weighted by molar-refractivity contribution is 5.83. The first-order chi connectivity index (χ1) is 11.8. The molecule has 0 aliphatic carbocycles. The topological polar surface area (TPSA) is 160 Å². The summed E-state index contributed by atoms with van der Waals surface area (Å²) in [5, 5.41) is 30.1. The lowest BCUT2D eigenvalue weighted by molar-refractivity contribution is -0.155. The first-order valence-corrected chi connectivity index (χ1v) is 6.66. The van der Waals surface area contributed by atoms with Crippen LogP contribution in [0.2, 0.25) is 0 Å². The molecule has 1 aromatic heterocycles. The minimum Gasteiger partial charge on any atom is -0.479 e. The zero-order valence-corrected chi connectivity index (χ0v) is 12.3. The summed E-state index contributed by atoms with van der Waals surface area (Å²) in [5.41, 5.74) is -1.18. The van der Waals surface area contributed by atoms with Crippen molar-refractivity contribution in [2.75, 3.05) is 11.9 Å². The summed E-state index contributed by atoms with van der Waals surface area (Å²) in [7, 11) is 0. The Labute approximate surface area is 138 Å². The summed E-state index contributed by atoms with van der Waals surface area (Å²) in [6.45, 7) is -0.388. The number of nitrogens with one attached hydrogen (secondary N) is 1. The third-order valence-electron chi connectivity index (χ3n) is 3.17. The lowest BCUT2D eigenvalue weighted by atomic mass is 10.1. The third-order valence-corrected chi connectivity index (χ3v) is 3.17. The second-order valence-electron chi connectivity index (χ2n) is 4.80. The fourth-order valence-electron chi connectivity index (χ4n) is 2.05. The van der Waals surface area contributed by atoms with Crippen molar-refractivity contribution < 1.29 is 38.8 Å². The molecule has 0 aromatic carbocycles. The minimum absolute atomic E-state index is 0.388. The van der Waals surface area contributed by atoms with E-state index in [9.17, 15) is 29.0 Å². The molecule has 12 heteroatoms. The van der Waals surface area contributed by atoms with Gasteiger partial charge >= 0.3 is 17.8 Å². The van der Waals surface area contributed by atoms with Gasteiger partial charge in [0.25, 0.3) is 0 Å². The minimum atomic E-state index is -1.84. The molecule has 1 amide bonds. The monoisotopic (exact) mass is 357 g/mol. The van der Waals surface area contributed by atoms with E-state index in [0.717, 1.165) is 0 Å². The van der Waals surface area contributed by atoms with Gasteiger partial charge in [-0.05, 0) is 0 Å². The van der Waals surface area contributed by atoms with Gasteiger partial charge in [0.15, 0.2) is 30.6 Å². The molecule has 2 rings (SSSR count). The highest BCUT2D eigenvalue weighted by atomic mass is 19.1. The van der Waals surface area contributed by atoms with Gasteiger partial charge in [-0.1, -0.05) is 5.92 Å². The van der Waals surface area contributed by atoms with E-state index in [-0.39, 0.29) is 6.61 Å². The van der Waals surface area contributed by atoms with Gasteiger partial charge < -0.3 is 24.8 Å². The Hall–Kier alpha value is -3.01. The highest BCUT2D eigenvalue weighted by Gasteiger charge is 2.48. The fraction of sp³-hybridized carbons (Fsp3) is 0.385. The number of anilines is 1. The van der Waals surface area contributed by atoms with Gasteiger partial charge in [-0.25, -0.2) is 18.8 Å². The van der Waals surface area contributed by atoms with E-state index in [1.54, 1.807) is 0 Å². The number of carboxylic acids is 1. The van der Waals surface area contributed by atoms with Gasteiger partial charge in [-0.15, -0.1) is 6.42 Å². The number of hydrogen-bond donors (Lipinski definition) is 4. The molecule has 11 nitrogen and oxygen atoms in total. The molecule has 2 heterocycles. The summed E-state index contributed by atoms with van der Waals surface area (Å²) in [6.07, 6.45) is -2.91. The van der Waals surface area contributed by atoms with Crippen LogP contribution >= 0.6 is 0 Å². The maximum Gasteiger partial charge on any atom is 0.413 e. The molecule has 25 heavy (non-hydrogen) atoms. The van der Waals surface area contributed by atoms with Crippen molar-refractivity contribution in [3.63, 3.8) is 0 Å². The SMILES string of the molecule is C#CCOC(=O)Nc1nc(=O)n([C@@H]2O[C@H](C(=O)O)[C@@H](O)[C@H]2O)cc1F. The van der Waals surface area contributed by atoms with Gasteiger partial charge in [-0.3, -0.25) is 9.88 Å². The van der Waals surface area contributed by atoms with Crippen LogP contribution < -0.4 is 11.0 Å². The first-order valence-electron chi connectivity index (χ1n) is 6.66. The van der Waals surface area contributed by atoms with Gasteiger partial charge in [0.05, 0.1) is 6.20 Å². The zero-order valence-electron chi connectivity index (χ0n) is 12.3. The van der Waals surface area contributed by atoms with E-state index in [1.807, 2.05) is 11.2 Å². The largest absolute Gasteiger partial charge is 0.479 e. The van der Waals surface area contributed by atoms with E-state index in [2.05, 4.69) is 9.72 Å². The number of amides is 1. The normalized spacial score (nSPS) is 25.2.